The molecule has 0 bridgehead atoms. The van der Waals surface area contributed by atoms with Gasteiger partial charge in [0.05, 0.1) is 0 Å². The number of hydrogen-bond acceptors (Lipinski definition) is 1. The minimum atomic E-state index is 0.119. The smallest absolute Gasteiger partial charge is 0.223 e. The van der Waals surface area contributed by atoms with Crippen molar-refractivity contribution in [1.29, 1.82) is 0 Å². The van der Waals surface area contributed by atoms with E-state index in [0.717, 1.165) is 12.0 Å². The number of benzene rings is 1. The third-order valence-electron chi connectivity index (χ3n) is 3.18. The van der Waals surface area contributed by atoms with Crippen molar-refractivity contribution >= 4 is 5.91 Å². The zero-order chi connectivity index (χ0) is 13.5. The summed E-state index contributed by atoms with van der Waals surface area (Å²) < 4.78 is 0. The van der Waals surface area contributed by atoms with Crippen molar-refractivity contribution < 1.29 is 4.79 Å². The molecule has 0 spiro atoms. The monoisotopic (exact) mass is 247 g/mol. The lowest BCUT2D eigenvalue weighted by atomic mass is 9.87. The maximum atomic E-state index is 12.2. The fourth-order valence-corrected chi connectivity index (χ4v) is 2.11. The van der Waals surface area contributed by atoms with Crippen LogP contribution in [0.25, 0.3) is 0 Å². The molecule has 0 heterocycles. The summed E-state index contributed by atoms with van der Waals surface area (Å²) in [6.07, 6.45) is 0.957. The van der Waals surface area contributed by atoms with Crippen molar-refractivity contribution in [3.8, 4) is 0 Å². The largest absolute Gasteiger partial charge is 0.352 e. The molecule has 1 unspecified atom stereocenters. The third-order valence-corrected chi connectivity index (χ3v) is 3.18. The number of nitrogens with one attached hydrogen (secondary N) is 1. The zero-order valence-corrected chi connectivity index (χ0v) is 11.9. The molecule has 1 atom stereocenters. The highest BCUT2D eigenvalue weighted by molar-refractivity contribution is 5.78. The molecule has 18 heavy (non-hydrogen) atoms. The Bertz CT molecular complexity index is 357. The highest BCUT2D eigenvalue weighted by Crippen LogP contribution is 2.20. The van der Waals surface area contributed by atoms with E-state index in [4.69, 9.17) is 0 Å². The predicted octanol–water partition coefficient (Wildman–Crippen LogP) is 3.62. The Balaban J connectivity index is 2.52. The van der Waals surface area contributed by atoms with Crippen molar-refractivity contribution in [3.05, 3.63) is 35.9 Å². The average Bonchev–Trinajstić information content (AvgIpc) is 2.34. The molecule has 1 N–H and O–H groups in total. The first kappa shape index (κ1) is 14.7. The molecule has 2 heteroatoms. The van der Waals surface area contributed by atoms with E-state index in [0.29, 0.717) is 18.4 Å². The molecule has 100 valence electrons. The standard InChI is InChI=1S/C16H25NO/c1-12(2)10-15(13(3)4)16(18)17-11-14-8-6-5-7-9-14/h5-9,12-13,15H,10-11H2,1-4H3,(H,17,18). The van der Waals surface area contributed by atoms with Crippen LogP contribution in [0.4, 0.5) is 0 Å². The average molecular weight is 247 g/mol. The predicted molar refractivity (Wildman–Crippen MR) is 76.1 cm³/mol. The summed E-state index contributed by atoms with van der Waals surface area (Å²) >= 11 is 0. The Labute approximate surface area is 111 Å². The third kappa shape index (κ3) is 4.91. The van der Waals surface area contributed by atoms with E-state index in [-0.39, 0.29) is 11.8 Å². The van der Waals surface area contributed by atoms with E-state index in [9.17, 15) is 4.79 Å². The van der Waals surface area contributed by atoms with Gasteiger partial charge < -0.3 is 5.32 Å². The molecule has 0 fully saturated rings. The first-order valence-electron chi connectivity index (χ1n) is 6.82. The molecule has 1 rings (SSSR count). The molecule has 2 nitrogen and oxygen atoms in total. The summed E-state index contributed by atoms with van der Waals surface area (Å²) in [6, 6.07) is 10.0. The summed E-state index contributed by atoms with van der Waals surface area (Å²) in [5.74, 6) is 1.25. The summed E-state index contributed by atoms with van der Waals surface area (Å²) in [5.41, 5.74) is 1.15. The van der Waals surface area contributed by atoms with Gasteiger partial charge in [0.25, 0.3) is 0 Å². The van der Waals surface area contributed by atoms with Gasteiger partial charge in [-0.15, -0.1) is 0 Å². The molecule has 1 aromatic carbocycles. The van der Waals surface area contributed by atoms with Crippen molar-refractivity contribution in [2.24, 2.45) is 17.8 Å². The lowest BCUT2D eigenvalue weighted by molar-refractivity contribution is -0.127. The number of amides is 1. The first-order chi connectivity index (χ1) is 8.50. The van der Waals surface area contributed by atoms with Gasteiger partial charge in [-0.25, -0.2) is 0 Å². The molecule has 0 radical (unpaired) electrons. The second kappa shape index (κ2) is 7.20. The second-order valence-electron chi connectivity index (χ2n) is 5.68. The van der Waals surface area contributed by atoms with E-state index < -0.39 is 0 Å². The summed E-state index contributed by atoms with van der Waals surface area (Å²) in [5, 5.41) is 3.05. The molecule has 0 aliphatic carbocycles. The van der Waals surface area contributed by atoms with Crippen LogP contribution in [-0.4, -0.2) is 5.91 Å². The number of carbonyl (C=O) groups excluding carboxylic acids is 1. The van der Waals surface area contributed by atoms with Crippen LogP contribution in [0.3, 0.4) is 0 Å². The number of hydrogen-bond donors (Lipinski definition) is 1. The molecule has 0 saturated heterocycles. The maximum absolute atomic E-state index is 12.2. The summed E-state index contributed by atoms with van der Waals surface area (Å²) in [6.45, 7) is 9.20. The molecule has 1 amide bonds. The first-order valence-corrected chi connectivity index (χ1v) is 6.82. The second-order valence-corrected chi connectivity index (χ2v) is 5.68. The van der Waals surface area contributed by atoms with Gasteiger partial charge in [-0.3, -0.25) is 4.79 Å². The van der Waals surface area contributed by atoms with Gasteiger partial charge in [-0.05, 0) is 23.8 Å². The molecule has 1 aromatic rings. The molecule has 0 aromatic heterocycles. The number of rotatable bonds is 6. The Morgan fingerprint density at radius 3 is 2.22 bits per heavy atom. The molecule has 0 saturated carbocycles. The van der Waals surface area contributed by atoms with Gasteiger partial charge in [-0.2, -0.15) is 0 Å². The highest BCUT2D eigenvalue weighted by atomic mass is 16.1. The zero-order valence-electron chi connectivity index (χ0n) is 11.9. The molecule has 0 aliphatic heterocycles. The van der Waals surface area contributed by atoms with Crippen molar-refractivity contribution in [2.75, 3.05) is 0 Å². The normalized spacial score (nSPS) is 12.8. The minimum Gasteiger partial charge on any atom is -0.352 e. The topological polar surface area (TPSA) is 29.1 Å². The SMILES string of the molecule is CC(C)CC(C(=O)NCc1ccccc1)C(C)C. The van der Waals surface area contributed by atoms with Crippen LogP contribution < -0.4 is 5.32 Å². The van der Waals surface area contributed by atoms with Crippen LogP contribution in [0.2, 0.25) is 0 Å². The highest BCUT2D eigenvalue weighted by Gasteiger charge is 2.22. The minimum absolute atomic E-state index is 0.119. The van der Waals surface area contributed by atoms with Crippen LogP contribution in [0.5, 0.6) is 0 Å². The number of carbonyl (C=O) groups is 1. The van der Waals surface area contributed by atoms with Gasteiger partial charge in [-0.1, -0.05) is 58.0 Å². The van der Waals surface area contributed by atoms with Crippen molar-refractivity contribution in [1.82, 2.24) is 5.32 Å². The van der Waals surface area contributed by atoms with E-state index in [2.05, 4.69) is 33.0 Å². The van der Waals surface area contributed by atoms with Crippen LogP contribution in [0.1, 0.15) is 39.7 Å². The van der Waals surface area contributed by atoms with Crippen molar-refractivity contribution in [2.45, 2.75) is 40.7 Å². The lowest BCUT2D eigenvalue weighted by Crippen LogP contribution is -2.34. The van der Waals surface area contributed by atoms with E-state index in [1.165, 1.54) is 0 Å². The Morgan fingerprint density at radius 1 is 1.11 bits per heavy atom. The van der Waals surface area contributed by atoms with Crippen LogP contribution in [0, 0.1) is 17.8 Å². The van der Waals surface area contributed by atoms with E-state index in [1.807, 2.05) is 30.3 Å². The Kier molecular flexibility index (Phi) is 5.90. The Hall–Kier alpha value is -1.31. The fourth-order valence-electron chi connectivity index (χ4n) is 2.11. The Morgan fingerprint density at radius 2 is 1.72 bits per heavy atom. The molecular formula is C16H25NO. The van der Waals surface area contributed by atoms with Crippen LogP contribution in [0.15, 0.2) is 30.3 Å². The molecular weight excluding hydrogens is 222 g/mol. The van der Waals surface area contributed by atoms with Crippen LogP contribution >= 0.6 is 0 Å². The van der Waals surface area contributed by atoms with Gasteiger partial charge in [0.2, 0.25) is 5.91 Å². The van der Waals surface area contributed by atoms with Crippen LogP contribution in [-0.2, 0) is 11.3 Å². The quantitative estimate of drug-likeness (QED) is 0.817. The van der Waals surface area contributed by atoms with E-state index >= 15 is 0 Å². The van der Waals surface area contributed by atoms with Gasteiger partial charge in [0.15, 0.2) is 0 Å². The fraction of sp³-hybridized carbons (Fsp3) is 0.562. The lowest BCUT2D eigenvalue weighted by Gasteiger charge is -2.22. The van der Waals surface area contributed by atoms with E-state index in [1.54, 1.807) is 0 Å². The van der Waals surface area contributed by atoms with Gasteiger partial charge >= 0.3 is 0 Å². The van der Waals surface area contributed by atoms with Crippen molar-refractivity contribution in [3.63, 3.8) is 0 Å². The summed E-state index contributed by atoms with van der Waals surface area (Å²) in [4.78, 5) is 12.2. The van der Waals surface area contributed by atoms with Gasteiger partial charge in [0, 0.05) is 12.5 Å². The maximum Gasteiger partial charge on any atom is 0.223 e. The summed E-state index contributed by atoms with van der Waals surface area (Å²) in [7, 11) is 0. The van der Waals surface area contributed by atoms with Gasteiger partial charge in [0.1, 0.15) is 0 Å². The molecule has 0 aliphatic rings.